The van der Waals surface area contributed by atoms with E-state index in [1.165, 1.54) is 55.6 Å². The number of anilines is 1. The van der Waals surface area contributed by atoms with Crippen LogP contribution in [0.15, 0.2) is 54.6 Å². The molecule has 0 aliphatic rings. The molecule has 0 heterocycles. The molecule has 3 aromatic rings. The van der Waals surface area contributed by atoms with E-state index in [-0.39, 0.29) is 49.6 Å². The van der Waals surface area contributed by atoms with Crippen LogP contribution in [0.5, 0.6) is 11.5 Å². The van der Waals surface area contributed by atoms with Crippen LogP contribution in [-0.4, -0.2) is 37.0 Å². The summed E-state index contributed by atoms with van der Waals surface area (Å²) in [4.78, 5) is 47.3. The maximum absolute atomic E-state index is 12.7. The number of nitrogens with one attached hydrogen (secondary N) is 1. The lowest BCUT2D eigenvalue weighted by Gasteiger charge is -2.15. The predicted molar refractivity (Wildman–Crippen MR) is 127 cm³/mol. The van der Waals surface area contributed by atoms with Gasteiger partial charge in [0.15, 0.2) is 5.75 Å². The van der Waals surface area contributed by atoms with E-state index in [0.29, 0.717) is 0 Å². The topological polar surface area (TPSA) is 134 Å². The van der Waals surface area contributed by atoms with Crippen LogP contribution in [-0.2, 0) is 9.47 Å². The van der Waals surface area contributed by atoms with Gasteiger partial charge in [-0.3, -0.25) is 14.9 Å². The van der Waals surface area contributed by atoms with Crippen LogP contribution in [0, 0.1) is 10.1 Å². The van der Waals surface area contributed by atoms with E-state index in [0.717, 1.165) is 13.2 Å². The summed E-state index contributed by atoms with van der Waals surface area (Å²) in [6, 6.07) is 11.8. The molecule has 1 amide bonds. The molecule has 0 saturated heterocycles. The van der Waals surface area contributed by atoms with Crippen LogP contribution < -0.4 is 10.1 Å². The molecule has 1 N–H and O–H groups in total. The Kier molecular flexibility index (Phi) is 7.90. The highest BCUT2D eigenvalue weighted by atomic mass is 35.5. The van der Waals surface area contributed by atoms with Crippen LogP contribution in [0.4, 0.5) is 11.4 Å². The largest absolute Gasteiger partial charge is 0.465 e. The number of rotatable bonds is 7. The minimum atomic E-state index is -0.802. The molecule has 180 valence electrons. The van der Waals surface area contributed by atoms with E-state index in [4.69, 9.17) is 32.7 Å². The number of methoxy groups -OCH3 is 2. The van der Waals surface area contributed by atoms with Gasteiger partial charge in [0.2, 0.25) is 0 Å². The minimum Gasteiger partial charge on any atom is -0.465 e. The van der Waals surface area contributed by atoms with E-state index in [9.17, 15) is 24.5 Å². The Morgan fingerprint density at radius 1 is 0.886 bits per heavy atom. The quantitative estimate of drug-likeness (QED) is 0.245. The SMILES string of the molecule is COC(=O)c1ccc(Oc2cc(Cl)c(Cl)cc2NC(=O)c2cccc([N+](=O)[O-])c2)cc1C(=O)OC. The van der Waals surface area contributed by atoms with E-state index < -0.39 is 22.8 Å². The molecule has 0 bridgehead atoms. The first-order chi connectivity index (χ1) is 16.6. The number of nitro groups is 1. The lowest BCUT2D eigenvalue weighted by atomic mass is 10.1. The van der Waals surface area contributed by atoms with E-state index in [1.54, 1.807) is 0 Å². The molecule has 0 aromatic heterocycles. The Morgan fingerprint density at radius 2 is 1.54 bits per heavy atom. The number of nitrogens with zero attached hydrogens (tertiary/aromatic N) is 1. The second-order valence-electron chi connectivity index (χ2n) is 6.82. The number of carbonyl (C=O) groups is 3. The zero-order valence-electron chi connectivity index (χ0n) is 18.2. The van der Waals surface area contributed by atoms with Crippen molar-refractivity contribution in [2.24, 2.45) is 0 Å². The van der Waals surface area contributed by atoms with Crippen molar-refractivity contribution in [1.82, 2.24) is 0 Å². The van der Waals surface area contributed by atoms with Crippen molar-refractivity contribution < 1.29 is 33.5 Å². The number of ether oxygens (including phenoxy) is 3. The summed E-state index contributed by atoms with van der Waals surface area (Å²) < 4.78 is 15.2. The molecule has 0 saturated carbocycles. The number of esters is 2. The molecule has 0 unspecified atom stereocenters. The normalized spacial score (nSPS) is 10.3. The van der Waals surface area contributed by atoms with Gasteiger partial charge in [-0.15, -0.1) is 0 Å². The van der Waals surface area contributed by atoms with Crippen LogP contribution in [0.25, 0.3) is 0 Å². The van der Waals surface area contributed by atoms with Gasteiger partial charge in [0.25, 0.3) is 11.6 Å². The van der Waals surface area contributed by atoms with Crippen molar-refractivity contribution in [1.29, 1.82) is 0 Å². The van der Waals surface area contributed by atoms with E-state index >= 15 is 0 Å². The smallest absolute Gasteiger partial charge is 0.338 e. The Morgan fingerprint density at radius 3 is 2.20 bits per heavy atom. The fourth-order valence-corrected chi connectivity index (χ4v) is 3.26. The van der Waals surface area contributed by atoms with E-state index in [1.807, 2.05) is 0 Å². The lowest BCUT2D eigenvalue weighted by molar-refractivity contribution is -0.384. The fourth-order valence-electron chi connectivity index (χ4n) is 2.95. The Labute approximate surface area is 208 Å². The molecule has 35 heavy (non-hydrogen) atoms. The molecule has 12 heteroatoms. The van der Waals surface area contributed by atoms with Crippen molar-refractivity contribution in [3.63, 3.8) is 0 Å². The molecule has 0 fully saturated rings. The second-order valence-corrected chi connectivity index (χ2v) is 7.63. The van der Waals surface area contributed by atoms with E-state index in [2.05, 4.69) is 10.1 Å². The number of nitro benzene ring substituents is 1. The van der Waals surface area contributed by atoms with Crippen molar-refractivity contribution in [2.45, 2.75) is 0 Å². The van der Waals surface area contributed by atoms with Gasteiger partial charge >= 0.3 is 11.9 Å². The van der Waals surface area contributed by atoms with Gasteiger partial charge in [0, 0.05) is 23.8 Å². The van der Waals surface area contributed by atoms with Crippen LogP contribution in [0.2, 0.25) is 10.0 Å². The van der Waals surface area contributed by atoms with Gasteiger partial charge in [0.05, 0.1) is 46.0 Å². The second kappa shape index (κ2) is 10.9. The van der Waals surface area contributed by atoms with Crippen LogP contribution in [0.3, 0.4) is 0 Å². The van der Waals surface area contributed by atoms with Crippen molar-refractivity contribution in [3.8, 4) is 11.5 Å². The Bertz CT molecular complexity index is 1340. The third-order valence-corrected chi connectivity index (χ3v) is 5.34. The molecule has 0 atom stereocenters. The first-order valence-corrected chi connectivity index (χ1v) is 10.4. The minimum absolute atomic E-state index is 0.0200. The predicted octanol–water partition coefficient (Wildman–Crippen LogP) is 5.52. The Balaban J connectivity index is 1.98. The monoisotopic (exact) mass is 518 g/mol. The molecule has 0 radical (unpaired) electrons. The van der Waals surface area contributed by atoms with Crippen molar-refractivity contribution in [2.75, 3.05) is 19.5 Å². The fraction of sp³-hybridized carbons (Fsp3) is 0.0870. The molecular weight excluding hydrogens is 503 g/mol. The standard InChI is InChI=1S/C23H16Cl2N2O8/c1-33-22(29)15-7-6-14(9-16(15)23(30)34-2)35-20-11-18(25)17(24)10-19(20)26-21(28)12-4-3-5-13(8-12)27(31)32/h3-11H,1-2H3,(H,26,28). The number of carbonyl (C=O) groups excluding carboxylic acids is 3. The van der Waals surface area contributed by atoms with Crippen LogP contribution in [0.1, 0.15) is 31.1 Å². The number of hydrogen-bond donors (Lipinski definition) is 1. The summed E-state index contributed by atoms with van der Waals surface area (Å²) in [7, 11) is 2.32. The van der Waals surface area contributed by atoms with Gasteiger partial charge in [-0.1, -0.05) is 29.3 Å². The van der Waals surface area contributed by atoms with Gasteiger partial charge < -0.3 is 19.5 Å². The maximum Gasteiger partial charge on any atom is 0.338 e. The third-order valence-electron chi connectivity index (χ3n) is 4.62. The lowest BCUT2D eigenvalue weighted by Crippen LogP contribution is -2.13. The summed E-state index contributed by atoms with van der Waals surface area (Å²) in [6.07, 6.45) is 0. The average Bonchev–Trinajstić information content (AvgIpc) is 2.85. The number of benzene rings is 3. The number of amides is 1. The highest BCUT2D eigenvalue weighted by molar-refractivity contribution is 6.42. The summed E-state index contributed by atoms with van der Waals surface area (Å²) in [5, 5.41) is 13.8. The maximum atomic E-state index is 12.7. The van der Waals surface area contributed by atoms with Gasteiger partial charge in [-0.25, -0.2) is 9.59 Å². The number of hydrogen-bond acceptors (Lipinski definition) is 8. The molecular formula is C23H16Cl2N2O8. The first-order valence-electron chi connectivity index (χ1n) is 9.68. The van der Waals surface area contributed by atoms with Crippen LogP contribution >= 0.6 is 23.2 Å². The first kappa shape index (κ1) is 25.5. The van der Waals surface area contributed by atoms with Crippen molar-refractivity contribution in [3.05, 3.63) is 91.4 Å². The molecule has 3 aromatic carbocycles. The molecule has 0 aliphatic carbocycles. The Hall–Kier alpha value is -4.15. The number of non-ortho nitro benzene ring substituents is 1. The highest BCUT2D eigenvalue weighted by Crippen LogP contribution is 2.37. The zero-order chi connectivity index (χ0) is 25.7. The van der Waals surface area contributed by atoms with Crippen molar-refractivity contribution >= 4 is 52.4 Å². The third kappa shape index (κ3) is 5.86. The number of halogens is 2. The van der Waals surface area contributed by atoms with Gasteiger partial charge in [-0.05, 0) is 30.3 Å². The highest BCUT2D eigenvalue weighted by Gasteiger charge is 2.21. The summed E-state index contributed by atoms with van der Waals surface area (Å²) in [5.41, 5.74) is -0.303. The van der Waals surface area contributed by atoms with Gasteiger partial charge in [-0.2, -0.15) is 0 Å². The molecule has 0 aliphatic heterocycles. The van der Waals surface area contributed by atoms with Gasteiger partial charge in [0.1, 0.15) is 5.75 Å². The zero-order valence-corrected chi connectivity index (χ0v) is 19.7. The summed E-state index contributed by atoms with van der Waals surface area (Å²) in [6.45, 7) is 0. The molecule has 3 rings (SSSR count). The summed E-state index contributed by atoms with van der Waals surface area (Å²) >= 11 is 12.2. The molecule has 0 spiro atoms. The molecule has 10 nitrogen and oxygen atoms in total. The average molecular weight is 519 g/mol. The summed E-state index contributed by atoms with van der Waals surface area (Å²) in [5.74, 6) is -2.09.